The molecule has 12 heteroatoms. The largest absolute Gasteiger partial charge is 0.466 e. The number of H-pyrrole nitrogens is 1. The van der Waals surface area contributed by atoms with Crippen LogP contribution >= 0.6 is 0 Å². The number of benzene rings is 3. The van der Waals surface area contributed by atoms with Gasteiger partial charge in [-0.25, -0.2) is 9.78 Å². The predicted octanol–water partition coefficient (Wildman–Crippen LogP) is 4.68. The van der Waals surface area contributed by atoms with Crippen LogP contribution in [0, 0.1) is 5.41 Å². The number of nitrogens with one attached hydrogen (secondary N) is 4. The lowest BCUT2D eigenvalue weighted by atomic mass is 9.96. The first-order chi connectivity index (χ1) is 21.9. The summed E-state index contributed by atoms with van der Waals surface area (Å²) in [6.07, 6.45) is 0.0214. The van der Waals surface area contributed by atoms with Crippen molar-refractivity contribution in [3.63, 3.8) is 0 Å². The van der Waals surface area contributed by atoms with Gasteiger partial charge in [0, 0.05) is 29.6 Å². The molecule has 0 spiro atoms. The van der Waals surface area contributed by atoms with E-state index >= 15 is 0 Å². The number of amides is 2. The standard InChI is InChI=1S/C34H39N5O7/c1-6-45-27(40)17-16-26(31(43)46-7-2)36-29(41)22-10-13-23(14-11-22)35-19-20-8-9-21-12-15-25-28(24(21)18-20)30(42)38-33(37-25)39-32(44)34(3,4)5/h8-15,18,26,35H,6-7,16-17,19H2,1-5H3,(H,36,41)(H2,37,38,39,42,44)/t26-/m0/s1. The Kier molecular flexibility index (Phi) is 10.7. The average Bonchev–Trinajstić information content (AvgIpc) is 3.01. The van der Waals surface area contributed by atoms with E-state index in [9.17, 15) is 24.0 Å². The first-order valence-corrected chi connectivity index (χ1v) is 15.1. The van der Waals surface area contributed by atoms with Gasteiger partial charge in [0.05, 0.1) is 24.1 Å². The van der Waals surface area contributed by atoms with E-state index in [2.05, 4.69) is 25.9 Å². The molecule has 0 bridgehead atoms. The molecular weight excluding hydrogens is 590 g/mol. The molecule has 0 aliphatic rings. The van der Waals surface area contributed by atoms with Crippen LogP contribution in [0.25, 0.3) is 21.7 Å². The minimum atomic E-state index is -0.991. The third-order valence-corrected chi connectivity index (χ3v) is 7.13. The van der Waals surface area contributed by atoms with Crippen molar-refractivity contribution in [1.82, 2.24) is 15.3 Å². The molecule has 1 aromatic heterocycles. The molecule has 4 rings (SSSR count). The van der Waals surface area contributed by atoms with Gasteiger partial charge in [0.25, 0.3) is 11.5 Å². The Hall–Kier alpha value is -5.26. The number of hydrogen-bond donors (Lipinski definition) is 4. The van der Waals surface area contributed by atoms with Crippen LogP contribution < -0.4 is 21.5 Å². The topological polar surface area (TPSA) is 169 Å². The third-order valence-electron chi connectivity index (χ3n) is 7.13. The molecule has 0 saturated carbocycles. The van der Waals surface area contributed by atoms with Crippen molar-refractivity contribution in [2.75, 3.05) is 23.8 Å². The monoisotopic (exact) mass is 629 g/mol. The van der Waals surface area contributed by atoms with E-state index in [1.54, 1.807) is 65.0 Å². The fraction of sp³-hybridized carbons (Fsp3) is 0.353. The van der Waals surface area contributed by atoms with Crippen molar-refractivity contribution in [2.24, 2.45) is 5.41 Å². The highest BCUT2D eigenvalue weighted by molar-refractivity contribution is 6.06. The molecule has 12 nitrogen and oxygen atoms in total. The Morgan fingerprint density at radius 2 is 1.63 bits per heavy atom. The molecule has 0 saturated heterocycles. The summed E-state index contributed by atoms with van der Waals surface area (Å²) in [7, 11) is 0. The predicted molar refractivity (Wildman–Crippen MR) is 175 cm³/mol. The fourth-order valence-corrected chi connectivity index (χ4v) is 4.64. The highest BCUT2D eigenvalue weighted by Crippen LogP contribution is 2.25. The maximum atomic E-state index is 13.1. The molecule has 0 unspecified atom stereocenters. The van der Waals surface area contributed by atoms with Gasteiger partial charge in [-0.1, -0.05) is 39.0 Å². The summed E-state index contributed by atoms with van der Waals surface area (Å²) in [4.78, 5) is 69.7. The summed E-state index contributed by atoms with van der Waals surface area (Å²) < 4.78 is 9.98. The van der Waals surface area contributed by atoms with Gasteiger partial charge in [-0.2, -0.15) is 0 Å². The summed E-state index contributed by atoms with van der Waals surface area (Å²) >= 11 is 0. The molecule has 4 N–H and O–H groups in total. The molecule has 3 aromatic carbocycles. The maximum Gasteiger partial charge on any atom is 0.328 e. The zero-order valence-electron chi connectivity index (χ0n) is 26.6. The minimum Gasteiger partial charge on any atom is -0.466 e. The molecule has 1 heterocycles. The lowest BCUT2D eigenvalue weighted by Crippen LogP contribution is -2.42. The van der Waals surface area contributed by atoms with Crippen molar-refractivity contribution < 1.29 is 28.7 Å². The lowest BCUT2D eigenvalue weighted by Gasteiger charge is -2.17. The van der Waals surface area contributed by atoms with Gasteiger partial charge >= 0.3 is 11.9 Å². The van der Waals surface area contributed by atoms with Crippen LogP contribution in [0.15, 0.2) is 59.4 Å². The van der Waals surface area contributed by atoms with E-state index < -0.39 is 29.3 Å². The van der Waals surface area contributed by atoms with E-state index in [1.807, 2.05) is 24.3 Å². The molecule has 0 radical (unpaired) electrons. The molecule has 242 valence electrons. The molecule has 0 aliphatic heterocycles. The van der Waals surface area contributed by atoms with E-state index in [4.69, 9.17) is 9.47 Å². The van der Waals surface area contributed by atoms with Crippen LogP contribution in [-0.2, 0) is 30.4 Å². The second-order valence-electron chi connectivity index (χ2n) is 11.7. The molecule has 4 aromatic rings. The normalized spacial score (nSPS) is 11.9. The maximum absolute atomic E-state index is 13.1. The summed E-state index contributed by atoms with van der Waals surface area (Å²) in [5, 5.41) is 10.7. The summed E-state index contributed by atoms with van der Waals surface area (Å²) in [5.74, 6) is -1.72. The summed E-state index contributed by atoms with van der Waals surface area (Å²) in [6.45, 7) is 9.48. The number of anilines is 2. The van der Waals surface area contributed by atoms with Gasteiger partial charge in [-0.15, -0.1) is 0 Å². The molecular formula is C34H39N5O7. The number of nitrogens with zero attached hydrogens (tertiary/aromatic N) is 1. The van der Waals surface area contributed by atoms with Crippen molar-refractivity contribution in [2.45, 2.75) is 60.0 Å². The van der Waals surface area contributed by atoms with Gasteiger partial charge < -0.3 is 20.1 Å². The number of rotatable bonds is 12. The minimum absolute atomic E-state index is 0.0351. The van der Waals surface area contributed by atoms with Crippen molar-refractivity contribution >= 4 is 57.1 Å². The van der Waals surface area contributed by atoms with Gasteiger partial charge in [-0.05, 0) is 73.0 Å². The quantitative estimate of drug-likeness (QED) is 0.128. The van der Waals surface area contributed by atoms with Crippen LogP contribution in [-0.4, -0.2) is 53.0 Å². The highest BCUT2D eigenvalue weighted by Gasteiger charge is 2.24. The number of carbonyl (C=O) groups is 4. The average molecular weight is 630 g/mol. The lowest BCUT2D eigenvalue weighted by molar-refractivity contribution is -0.146. The zero-order valence-corrected chi connectivity index (χ0v) is 26.6. The number of aromatic amines is 1. The first-order valence-electron chi connectivity index (χ1n) is 15.1. The van der Waals surface area contributed by atoms with Crippen LogP contribution in [0.1, 0.15) is 63.4 Å². The number of fused-ring (bicyclic) bond motifs is 3. The number of aromatic nitrogens is 2. The molecule has 0 fully saturated rings. The Labute approximate surface area is 266 Å². The van der Waals surface area contributed by atoms with Crippen LogP contribution in [0.4, 0.5) is 11.6 Å². The Bertz CT molecular complexity index is 1810. The Morgan fingerprint density at radius 1 is 0.935 bits per heavy atom. The van der Waals surface area contributed by atoms with Crippen molar-refractivity contribution in [3.05, 3.63) is 76.1 Å². The molecule has 2 amide bonds. The van der Waals surface area contributed by atoms with E-state index in [0.29, 0.717) is 23.0 Å². The van der Waals surface area contributed by atoms with Gasteiger partial charge in [-0.3, -0.25) is 29.5 Å². The first kappa shape index (κ1) is 33.6. The van der Waals surface area contributed by atoms with Crippen LogP contribution in [0.2, 0.25) is 0 Å². The molecule has 1 atom stereocenters. The van der Waals surface area contributed by atoms with E-state index in [1.165, 1.54) is 0 Å². The van der Waals surface area contributed by atoms with Gasteiger partial charge in [0.2, 0.25) is 11.9 Å². The van der Waals surface area contributed by atoms with E-state index in [-0.39, 0.29) is 43.5 Å². The van der Waals surface area contributed by atoms with Crippen LogP contribution in [0.3, 0.4) is 0 Å². The number of hydrogen-bond acceptors (Lipinski definition) is 9. The van der Waals surface area contributed by atoms with E-state index in [0.717, 1.165) is 22.0 Å². The van der Waals surface area contributed by atoms with Gasteiger partial charge in [0.1, 0.15) is 6.04 Å². The summed E-state index contributed by atoms with van der Waals surface area (Å²) in [6, 6.07) is 15.2. The second kappa shape index (κ2) is 14.7. The highest BCUT2D eigenvalue weighted by atomic mass is 16.5. The molecule has 0 aliphatic carbocycles. The van der Waals surface area contributed by atoms with Crippen molar-refractivity contribution in [1.29, 1.82) is 0 Å². The third kappa shape index (κ3) is 8.46. The SMILES string of the molecule is CCOC(=O)CC[C@H](NC(=O)c1ccc(NCc2ccc3ccc4nc(NC(=O)C(C)(C)C)[nH]c(=O)c4c3c2)cc1)C(=O)OCC. The second-order valence-corrected chi connectivity index (χ2v) is 11.7. The summed E-state index contributed by atoms with van der Waals surface area (Å²) in [5.41, 5.74) is 1.45. The number of carbonyl (C=O) groups excluding carboxylic acids is 4. The number of esters is 2. The van der Waals surface area contributed by atoms with Gasteiger partial charge in [0.15, 0.2) is 0 Å². The Balaban J connectivity index is 1.45. The van der Waals surface area contributed by atoms with Crippen molar-refractivity contribution in [3.8, 4) is 0 Å². The number of ether oxygens (including phenoxy) is 2. The van der Waals surface area contributed by atoms with Crippen LogP contribution in [0.5, 0.6) is 0 Å². The fourth-order valence-electron chi connectivity index (χ4n) is 4.64. The molecule has 46 heavy (non-hydrogen) atoms. The smallest absolute Gasteiger partial charge is 0.328 e. The zero-order chi connectivity index (χ0) is 33.4. The Morgan fingerprint density at radius 3 is 2.30 bits per heavy atom.